The summed E-state index contributed by atoms with van der Waals surface area (Å²) >= 11 is 0. The number of hydrogen-bond donors (Lipinski definition) is 1. The van der Waals surface area contributed by atoms with E-state index in [1.54, 1.807) is 0 Å². The Bertz CT molecular complexity index is 332. The minimum Gasteiger partial charge on any atom is -0.327 e. The molecule has 1 unspecified atom stereocenters. The fraction of sp³-hybridized carbons (Fsp3) is 0.786. The van der Waals surface area contributed by atoms with Crippen LogP contribution in [0.4, 0.5) is 0 Å². The molecule has 4 heteroatoms. The molecule has 0 aromatic carbocycles. The summed E-state index contributed by atoms with van der Waals surface area (Å²) in [6.45, 7) is 9.52. The van der Waals surface area contributed by atoms with E-state index in [-0.39, 0.29) is 0 Å². The maximum Gasteiger partial charge on any atom is 0.0534 e. The van der Waals surface area contributed by atoms with E-state index in [1.807, 2.05) is 10.9 Å². The minimum absolute atomic E-state index is 0.301. The Morgan fingerprint density at radius 3 is 2.78 bits per heavy atom. The molecule has 1 heterocycles. The molecule has 1 atom stereocenters. The number of rotatable bonds is 8. The van der Waals surface area contributed by atoms with Gasteiger partial charge in [-0.25, -0.2) is 0 Å². The van der Waals surface area contributed by atoms with Gasteiger partial charge in [-0.05, 0) is 32.4 Å². The number of nitrogens with zero attached hydrogens (tertiary/aromatic N) is 3. The van der Waals surface area contributed by atoms with Crippen LogP contribution in [0.5, 0.6) is 0 Å². The van der Waals surface area contributed by atoms with Crippen LogP contribution in [0.1, 0.15) is 39.2 Å². The lowest BCUT2D eigenvalue weighted by atomic mass is 10.0. The van der Waals surface area contributed by atoms with Crippen molar-refractivity contribution >= 4 is 0 Å². The topological polar surface area (TPSA) is 47.1 Å². The number of nitrogens with two attached hydrogens (primary N) is 1. The van der Waals surface area contributed by atoms with Crippen LogP contribution >= 0.6 is 0 Å². The third kappa shape index (κ3) is 5.19. The van der Waals surface area contributed by atoms with Gasteiger partial charge in [0.25, 0.3) is 0 Å². The molecular formula is C14H28N4. The molecule has 0 amide bonds. The minimum atomic E-state index is 0.301. The molecule has 4 nitrogen and oxygen atoms in total. The van der Waals surface area contributed by atoms with Gasteiger partial charge < -0.3 is 10.6 Å². The average molecular weight is 252 g/mol. The number of hydrogen-bond acceptors (Lipinski definition) is 3. The first-order valence-corrected chi connectivity index (χ1v) is 6.98. The van der Waals surface area contributed by atoms with Crippen molar-refractivity contribution in [1.82, 2.24) is 14.7 Å². The quantitative estimate of drug-likeness (QED) is 0.770. The summed E-state index contributed by atoms with van der Waals surface area (Å²) in [6, 6.07) is 0.301. The normalized spacial score (nSPS) is 13.5. The van der Waals surface area contributed by atoms with Crippen molar-refractivity contribution in [3.63, 3.8) is 0 Å². The Hall–Kier alpha value is -0.870. The van der Waals surface area contributed by atoms with Crippen LogP contribution in [0, 0.1) is 5.92 Å². The molecule has 104 valence electrons. The first-order chi connectivity index (χ1) is 8.52. The Kier molecular flexibility index (Phi) is 6.36. The van der Waals surface area contributed by atoms with Gasteiger partial charge in [0.2, 0.25) is 0 Å². The van der Waals surface area contributed by atoms with Crippen molar-refractivity contribution in [2.45, 2.75) is 52.7 Å². The van der Waals surface area contributed by atoms with Crippen molar-refractivity contribution in [3.8, 4) is 0 Å². The summed E-state index contributed by atoms with van der Waals surface area (Å²) in [6.07, 6.45) is 6.29. The summed E-state index contributed by atoms with van der Waals surface area (Å²) in [7, 11) is 2.14. The van der Waals surface area contributed by atoms with Crippen LogP contribution in [-0.2, 0) is 13.1 Å². The Labute approximate surface area is 111 Å². The molecule has 0 fully saturated rings. The highest BCUT2D eigenvalue weighted by Gasteiger charge is 2.09. The summed E-state index contributed by atoms with van der Waals surface area (Å²) < 4.78 is 2.02. The van der Waals surface area contributed by atoms with Crippen LogP contribution < -0.4 is 5.73 Å². The van der Waals surface area contributed by atoms with Gasteiger partial charge in [0.15, 0.2) is 0 Å². The number of aryl methyl sites for hydroxylation is 1. The van der Waals surface area contributed by atoms with E-state index in [0.29, 0.717) is 12.0 Å². The Morgan fingerprint density at radius 1 is 1.44 bits per heavy atom. The SMILES string of the molecule is CCCn1cc(CN(C)CCC(N)C(C)C)cn1. The van der Waals surface area contributed by atoms with Crippen LogP contribution in [0.2, 0.25) is 0 Å². The van der Waals surface area contributed by atoms with Gasteiger partial charge in [-0.2, -0.15) is 5.10 Å². The highest BCUT2D eigenvalue weighted by molar-refractivity contribution is 5.03. The third-order valence-electron chi connectivity index (χ3n) is 3.29. The second-order valence-electron chi connectivity index (χ2n) is 5.55. The molecule has 0 aliphatic carbocycles. The maximum absolute atomic E-state index is 6.06. The summed E-state index contributed by atoms with van der Waals surface area (Å²) in [5, 5.41) is 4.35. The van der Waals surface area contributed by atoms with Crippen LogP contribution in [-0.4, -0.2) is 34.3 Å². The summed E-state index contributed by atoms with van der Waals surface area (Å²) in [5.41, 5.74) is 7.34. The Morgan fingerprint density at radius 2 is 2.17 bits per heavy atom. The molecular weight excluding hydrogens is 224 g/mol. The summed E-state index contributed by atoms with van der Waals surface area (Å²) in [5.74, 6) is 0.561. The highest BCUT2D eigenvalue weighted by Crippen LogP contribution is 2.07. The van der Waals surface area contributed by atoms with Gasteiger partial charge in [0.05, 0.1) is 6.20 Å². The van der Waals surface area contributed by atoms with E-state index < -0.39 is 0 Å². The van der Waals surface area contributed by atoms with Crippen LogP contribution in [0.15, 0.2) is 12.4 Å². The molecule has 18 heavy (non-hydrogen) atoms. The molecule has 0 saturated carbocycles. The van der Waals surface area contributed by atoms with Crippen molar-refractivity contribution < 1.29 is 0 Å². The van der Waals surface area contributed by atoms with Crippen molar-refractivity contribution in [1.29, 1.82) is 0 Å². The van der Waals surface area contributed by atoms with Gasteiger partial charge >= 0.3 is 0 Å². The second-order valence-corrected chi connectivity index (χ2v) is 5.55. The molecule has 0 spiro atoms. The largest absolute Gasteiger partial charge is 0.327 e. The van der Waals surface area contributed by atoms with E-state index in [1.165, 1.54) is 5.56 Å². The van der Waals surface area contributed by atoms with Crippen molar-refractivity contribution in [2.75, 3.05) is 13.6 Å². The van der Waals surface area contributed by atoms with Crippen molar-refractivity contribution in [2.24, 2.45) is 11.7 Å². The zero-order valence-corrected chi connectivity index (χ0v) is 12.3. The van der Waals surface area contributed by atoms with E-state index in [9.17, 15) is 0 Å². The van der Waals surface area contributed by atoms with Gasteiger partial charge in [-0.3, -0.25) is 4.68 Å². The van der Waals surface area contributed by atoms with E-state index in [4.69, 9.17) is 5.73 Å². The molecule has 1 rings (SSSR count). The lowest BCUT2D eigenvalue weighted by Gasteiger charge is -2.20. The zero-order chi connectivity index (χ0) is 13.5. The molecule has 1 aromatic heterocycles. The predicted octanol–water partition coefficient (Wildman–Crippen LogP) is 2.10. The number of aromatic nitrogens is 2. The van der Waals surface area contributed by atoms with E-state index in [0.717, 1.165) is 32.5 Å². The predicted molar refractivity (Wildman–Crippen MR) is 76.3 cm³/mol. The van der Waals surface area contributed by atoms with Gasteiger partial charge in [0, 0.05) is 30.9 Å². The smallest absolute Gasteiger partial charge is 0.0534 e. The van der Waals surface area contributed by atoms with E-state index >= 15 is 0 Å². The molecule has 0 aliphatic heterocycles. The van der Waals surface area contributed by atoms with Gasteiger partial charge in [-0.15, -0.1) is 0 Å². The lowest BCUT2D eigenvalue weighted by molar-refractivity contribution is 0.296. The monoisotopic (exact) mass is 252 g/mol. The second kappa shape index (κ2) is 7.54. The maximum atomic E-state index is 6.06. The zero-order valence-electron chi connectivity index (χ0n) is 12.3. The third-order valence-corrected chi connectivity index (χ3v) is 3.29. The highest BCUT2D eigenvalue weighted by atomic mass is 15.3. The molecule has 1 aromatic rings. The Balaban J connectivity index is 2.32. The standard InChI is InChI=1S/C14H28N4/c1-5-7-18-11-13(9-16-18)10-17(4)8-6-14(15)12(2)3/h9,11-12,14H,5-8,10,15H2,1-4H3. The molecule has 2 N–H and O–H groups in total. The lowest BCUT2D eigenvalue weighted by Crippen LogP contribution is -2.31. The molecule has 0 aliphatic rings. The van der Waals surface area contributed by atoms with Gasteiger partial charge in [0.1, 0.15) is 0 Å². The molecule has 0 saturated heterocycles. The summed E-state index contributed by atoms with van der Waals surface area (Å²) in [4.78, 5) is 2.32. The van der Waals surface area contributed by atoms with Gasteiger partial charge in [-0.1, -0.05) is 20.8 Å². The van der Waals surface area contributed by atoms with Crippen LogP contribution in [0.25, 0.3) is 0 Å². The first kappa shape index (κ1) is 15.2. The molecule has 0 bridgehead atoms. The van der Waals surface area contributed by atoms with Crippen LogP contribution in [0.3, 0.4) is 0 Å². The van der Waals surface area contributed by atoms with Crippen molar-refractivity contribution in [3.05, 3.63) is 18.0 Å². The van der Waals surface area contributed by atoms with E-state index in [2.05, 4.69) is 44.0 Å². The molecule has 0 radical (unpaired) electrons. The first-order valence-electron chi connectivity index (χ1n) is 6.98. The average Bonchev–Trinajstić information content (AvgIpc) is 2.73. The fourth-order valence-electron chi connectivity index (χ4n) is 1.93. The fourth-order valence-corrected chi connectivity index (χ4v) is 1.93.